The van der Waals surface area contributed by atoms with Crippen LogP contribution < -0.4 is 5.32 Å². The Balaban J connectivity index is 1.96. The molecule has 2 rings (SSSR count). The summed E-state index contributed by atoms with van der Waals surface area (Å²) in [6.45, 7) is 7.10. The van der Waals surface area contributed by atoms with E-state index in [1.165, 1.54) is 11.3 Å². The van der Waals surface area contributed by atoms with Gasteiger partial charge in [-0.1, -0.05) is 6.92 Å². The Labute approximate surface area is 103 Å². The van der Waals surface area contributed by atoms with Crippen molar-refractivity contribution in [2.45, 2.75) is 45.2 Å². The van der Waals surface area contributed by atoms with E-state index in [1.54, 1.807) is 0 Å². The summed E-state index contributed by atoms with van der Waals surface area (Å²) in [7, 11) is 1.98. The lowest BCUT2D eigenvalue weighted by Gasteiger charge is -2.34. The number of hydrogen-bond donors (Lipinski definition) is 1. The molecule has 4 heteroatoms. The first-order valence-corrected chi connectivity index (χ1v) is 6.47. The average Bonchev–Trinajstić information content (AvgIpc) is 2.68. The van der Waals surface area contributed by atoms with Gasteiger partial charge in [-0.05, 0) is 26.2 Å². The van der Waals surface area contributed by atoms with Gasteiger partial charge in [0.25, 0.3) is 0 Å². The van der Waals surface area contributed by atoms with Crippen LogP contribution in [0.3, 0.4) is 0 Å². The predicted octanol–water partition coefficient (Wildman–Crippen LogP) is 1.64. The molecule has 1 N–H and O–H groups in total. The van der Waals surface area contributed by atoms with Crippen molar-refractivity contribution in [2.24, 2.45) is 7.05 Å². The van der Waals surface area contributed by atoms with Crippen molar-refractivity contribution in [2.75, 3.05) is 13.2 Å². The molecule has 4 nitrogen and oxygen atoms in total. The van der Waals surface area contributed by atoms with Crippen molar-refractivity contribution in [1.29, 1.82) is 0 Å². The van der Waals surface area contributed by atoms with Crippen molar-refractivity contribution in [1.82, 2.24) is 15.1 Å². The Morgan fingerprint density at radius 1 is 1.47 bits per heavy atom. The zero-order valence-electron chi connectivity index (χ0n) is 11.1. The summed E-state index contributed by atoms with van der Waals surface area (Å²) in [5.74, 6) is 0. The standard InChI is InChI=1S/C13H23N3O/c1-4-12-11(10-16(3)15-12)9-14-13(2)5-7-17-8-6-13/h10,14H,4-9H2,1-3H3. The van der Waals surface area contributed by atoms with Crippen LogP contribution in [0.4, 0.5) is 0 Å². The average molecular weight is 237 g/mol. The number of aromatic nitrogens is 2. The van der Waals surface area contributed by atoms with Crippen molar-refractivity contribution >= 4 is 0 Å². The third-order valence-electron chi connectivity index (χ3n) is 3.63. The highest BCUT2D eigenvalue weighted by Gasteiger charge is 2.26. The minimum Gasteiger partial charge on any atom is -0.381 e. The molecule has 1 aliphatic rings. The molecule has 2 heterocycles. The molecule has 0 aliphatic carbocycles. The van der Waals surface area contributed by atoms with E-state index in [0.717, 1.165) is 39.0 Å². The molecule has 96 valence electrons. The van der Waals surface area contributed by atoms with E-state index in [4.69, 9.17) is 4.74 Å². The molecular weight excluding hydrogens is 214 g/mol. The molecule has 17 heavy (non-hydrogen) atoms. The Kier molecular flexibility index (Phi) is 3.84. The van der Waals surface area contributed by atoms with Gasteiger partial charge in [-0.25, -0.2) is 0 Å². The Bertz CT molecular complexity index is 367. The minimum atomic E-state index is 0.221. The Morgan fingerprint density at radius 2 is 2.18 bits per heavy atom. The predicted molar refractivity (Wildman–Crippen MR) is 67.9 cm³/mol. The third-order valence-corrected chi connectivity index (χ3v) is 3.63. The molecule has 1 aromatic heterocycles. The number of rotatable bonds is 4. The second-order valence-corrected chi connectivity index (χ2v) is 5.15. The topological polar surface area (TPSA) is 39.1 Å². The molecule has 0 saturated carbocycles. The minimum absolute atomic E-state index is 0.221. The molecule has 0 atom stereocenters. The summed E-state index contributed by atoms with van der Waals surface area (Å²) >= 11 is 0. The van der Waals surface area contributed by atoms with Crippen LogP contribution in [0.5, 0.6) is 0 Å². The van der Waals surface area contributed by atoms with Crippen molar-refractivity contribution in [3.63, 3.8) is 0 Å². The van der Waals surface area contributed by atoms with Crippen LogP contribution in [0.1, 0.15) is 37.9 Å². The smallest absolute Gasteiger partial charge is 0.0666 e. The molecule has 0 aromatic carbocycles. The molecule has 0 unspecified atom stereocenters. The SMILES string of the molecule is CCc1nn(C)cc1CNC1(C)CCOCC1. The van der Waals surface area contributed by atoms with Gasteiger partial charge in [0.15, 0.2) is 0 Å². The maximum atomic E-state index is 5.41. The molecule has 0 amide bonds. The van der Waals surface area contributed by atoms with Crippen LogP contribution in [-0.2, 0) is 24.8 Å². The van der Waals surface area contributed by atoms with Crippen LogP contribution in [-0.4, -0.2) is 28.5 Å². The van der Waals surface area contributed by atoms with E-state index in [1.807, 2.05) is 11.7 Å². The summed E-state index contributed by atoms with van der Waals surface area (Å²) in [4.78, 5) is 0. The number of nitrogens with zero attached hydrogens (tertiary/aromatic N) is 2. The second-order valence-electron chi connectivity index (χ2n) is 5.15. The van der Waals surface area contributed by atoms with Gasteiger partial charge in [0, 0.05) is 44.1 Å². The van der Waals surface area contributed by atoms with Crippen LogP contribution in [0.2, 0.25) is 0 Å². The number of hydrogen-bond acceptors (Lipinski definition) is 3. The molecule has 0 spiro atoms. The maximum Gasteiger partial charge on any atom is 0.0666 e. The quantitative estimate of drug-likeness (QED) is 0.865. The summed E-state index contributed by atoms with van der Waals surface area (Å²) in [5, 5.41) is 8.14. The first-order chi connectivity index (χ1) is 8.13. The molecule has 0 radical (unpaired) electrons. The zero-order valence-corrected chi connectivity index (χ0v) is 11.1. The lowest BCUT2D eigenvalue weighted by molar-refractivity contribution is 0.0446. The first-order valence-electron chi connectivity index (χ1n) is 6.47. The van der Waals surface area contributed by atoms with Crippen molar-refractivity contribution in [3.05, 3.63) is 17.5 Å². The summed E-state index contributed by atoms with van der Waals surface area (Å²) in [6, 6.07) is 0. The van der Waals surface area contributed by atoms with Crippen molar-refractivity contribution in [3.8, 4) is 0 Å². The van der Waals surface area contributed by atoms with Crippen LogP contribution in [0, 0.1) is 0 Å². The van der Waals surface area contributed by atoms with Crippen molar-refractivity contribution < 1.29 is 4.74 Å². The lowest BCUT2D eigenvalue weighted by atomic mass is 9.92. The maximum absolute atomic E-state index is 5.41. The second kappa shape index (κ2) is 5.19. The largest absolute Gasteiger partial charge is 0.381 e. The highest BCUT2D eigenvalue weighted by Crippen LogP contribution is 2.20. The van der Waals surface area contributed by atoms with E-state index in [9.17, 15) is 0 Å². The normalized spacial score (nSPS) is 19.5. The van der Waals surface area contributed by atoms with E-state index >= 15 is 0 Å². The summed E-state index contributed by atoms with van der Waals surface area (Å²) in [6.07, 6.45) is 5.30. The molecule has 1 aromatic rings. The lowest BCUT2D eigenvalue weighted by Crippen LogP contribution is -2.46. The highest BCUT2D eigenvalue weighted by atomic mass is 16.5. The monoisotopic (exact) mass is 237 g/mol. The fourth-order valence-corrected chi connectivity index (χ4v) is 2.34. The zero-order chi connectivity index (χ0) is 12.3. The highest BCUT2D eigenvalue weighted by molar-refractivity contribution is 5.17. The van der Waals surface area contributed by atoms with Gasteiger partial charge in [0.05, 0.1) is 5.69 Å². The van der Waals surface area contributed by atoms with E-state index in [0.29, 0.717) is 0 Å². The number of nitrogens with one attached hydrogen (secondary N) is 1. The van der Waals surface area contributed by atoms with Crippen LogP contribution in [0.15, 0.2) is 6.20 Å². The summed E-state index contributed by atoms with van der Waals surface area (Å²) in [5.41, 5.74) is 2.75. The molecule has 1 saturated heterocycles. The Morgan fingerprint density at radius 3 is 2.82 bits per heavy atom. The van der Waals surface area contributed by atoms with Gasteiger partial charge in [0.2, 0.25) is 0 Å². The fraction of sp³-hybridized carbons (Fsp3) is 0.769. The number of ether oxygens (including phenoxy) is 1. The van der Waals surface area contributed by atoms with E-state index in [2.05, 4.69) is 30.5 Å². The van der Waals surface area contributed by atoms with Gasteiger partial charge >= 0.3 is 0 Å². The van der Waals surface area contributed by atoms with Gasteiger partial charge < -0.3 is 10.1 Å². The first kappa shape index (κ1) is 12.6. The Hall–Kier alpha value is -0.870. The van der Waals surface area contributed by atoms with Crippen LogP contribution in [0.25, 0.3) is 0 Å². The van der Waals surface area contributed by atoms with Gasteiger partial charge in [0.1, 0.15) is 0 Å². The third kappa shape index (κ3) is 3.07. The molecule has 1 aliphatic heterocycles. The van der Waals surface area contributed by atoms with Crippen LogP contribution >= 0.6 is 0 Å². The molecular formula is C13H23N3O. The van der Waals surface area contributed by atoms with Gasteiger partial charge in [-0.2, -0.15) is 5.10 Å². The van der Waals surface area contributed by atoms with E-state index in [-0.39, 0.29) is 5.54 Å². The summed E-state index contributed by atoms with van der Waals surface area (Å²) < 4.78 is 7.31. The molecule has 0 bridgehead atoms. The van der Waals surface area contributed by atoms with Gasteiger partial charge in [-0.15, -0.1) is 0 Å². The van der Waals surface area contributed by atoms with Gasteiger partial charge in [-0.3, -0.25) is 4.68 Å². The number of aryl methyl sites for hydroxylation is 2. The van der Waals surface area contributed by atoms with E-state index < -0.39 is 0 Å². The fourth-order valence-electron chi connectivity index (χ4n) is 2.34. The molecule has 1 fully saturated rings.